The molecule has 15 heteroatoms. The zero-order valence-electron chi connectivity index (χ0n) is 17.7. The molecule has 1 aliphatic heterocycles. The van der Waals surface area contributed by atoms with Crippen molar-refractivity contribution >= 4 is 49.5 Å². The van der Waals surface area contributed by atoms with Crippen LogP contribution in [-0.4, -0.2) is 56.7 Å². The monoisotopic (exact) mass is 506 g/mol. The second-order valence-electron chi connectivity index (χ2n) is 7.23. The highest BCUT2D eigenvalue weighted by molar-refractivity contribution is 7.92. The number of nitrogens with zero attached hydrogens (tertiary/aromatic N) is 5. The number of sulfonamides is 1. The van der Waals surface area contributed by atoms with Gasteiger partial charge in [0, 0.05) is 19.3 Å². The number of esters is 1. The standard InChI is InChI=1S/C18H21F3N6O4S2/c1-3-7-31-16(28)15-23-25-17(32-15)24-22-12-8-11-5-4-6-27(2)14(11)9-13(12)26-33(29,30)10-18(19,20)21/h8-9,26H,3-7,10H2,1-2H3. The second kappa shape index (κ2) is 9.99. The molecule has 1 aliphatic rings. The summed E-state index contributed by atoms with van der Waals surface area (Å²) in [5.74, 6) is -2.70. The zero-order valence-corrected chi connectivity index (χ0v) is 19.3. The summed E-state index contributed by atoms with van der Waals surface area (Å²) < 4.78 is 69.1. The third-order valence-corrected chi connectivity index (χ3v) is 6.46. The summed E-state index contributed by atoms with van der Waals surface area (Å²) in [4.78, 5) is 13.7. The van der Waals surface area contributed by atoms with Crippen LogP contribution in [0.4, 0.5) is 35.4 Å². The number of fused-ring (bicyclic) bond motifs is 1. The number of anilines is 2. The fraction of sp³-hybridized carbons (Fsp3) is 0.500. The summed E-state index contributed by atoms with van der Waals surface area (Å²) in [6, 6.07) is 3.00. The third kappa shape index (κ3) is 6.83. The SMILES string of the molecule is CCCOC(=O)c1nnc(N=Nc2cc3c(cc2NS(=O)(=O)CC(F)(F)F)N(C)CCC3)s1. The highest BCUT2D eigenvalue weighted by atomic mass is 32.2. The van der Waals surface area contributed by atoms with Crippen LogP contribution < -0.4 is 9.62 Å². The number of aryl methyl sites for hydroxylation is 1. The molecule has 1 N–H and O–H groups in total. The minimum Gasteiger partial charge on any atom is -0.460 e. The summed E-state index contributed by atoms with van der Waals surface area (Å²) in [5.41, 5.74) is 1.39. The van der Waals surface area contributed by atoms with E-state index >= 15 is 0 Å². The van der Waals surface area contributed by atoms with E-state index in [1.165, 1.54) is 6.07 Å². The molecule has 0 fully saturated rings. The fourth-order valence-electron chi connectivity index (χ4n) is 3.08. The molecule has 0 radical (unpaired) electrons. The van der Waals surface area contributed by atoms with Crippen LogP contribution in [0.5, 0.6) is 0 Å². The normalized spacial score (nSPS) is 14.4. The second-order valence-corrected chi connectivity index (χ2v) is 9.90. The van der Waals surface area contributed by atoms with Gasteiger partial charge in [0.15, 0.2) is 5.75 Å². The van der Waals surface area contributed by atoms with Crippen LogP contribution in [0.3, 0.4) is 0 Å². The first-order valence-electron chi connectivity index (χ1n) is 9.85. The molecule has 0 bridgehead atoms. The Kier molecular flexibility index (Phi) is 7.51. The Hall–Kier alpha value is -2.81. The van der Waals surface area contributed by atoms with Crippen molar-refractivity contribution < 1.29 is 31.1 Å². The number of aromatic nitrogens is 2. The molecule has 2 heterocycles. The molecule has 33 heavy (non-hydrogen) atoms. The lowest BCUT2D eigenvalue weighted by Crippen LogP contribution is -2.28. The van der Waals surface area contributed by atoms with Crippen molar-refractivity contribution in [3.63, 3.8) is 0 Å². The Morgan fingerprint density at radius 3 is 2.76 bits per heavy atom. The van der Waals surface area contributed by atoms with Crippen LogP contribution in [-0.2, 0) is 21.2 Å². The molecule has 0 unspecified atom stereocenters. The number of nitrogens with one attached hydrogen (secondary N) is 1. The van der Waals surface area contributed by atoms with Crippen LogP contribution in [0.25, 0.3) is 0 Å². The summed E-state index contributed by atoms with van der Waals surface area (Å²) in [6.45, 7) is 2.77. The molecular weight excluding hydrogens is 485 g/mol. The van der Waals surface area contributed by atoms with Gasteiger partial charge in [0.05, 0.1) is 12.3 Å². The van der Waals surface area contributed by atoms with E-state index in [0.717, 1.165) is 23.3 Å². The van der Waals surface area contributed by atoms with Crippen molar-refractivity contribution in [3.05, 3.63) is 22.7 Å². The zero-order chi connectivity index (χ0) is 24.2. The third-order valence-electron chi connectivity index (χ3n) is 4.44. The number of alkyl halides is 3. The van der Waals surface area contributed by atoms with Gasteiger partial charge in [0.2, 0.25) is 15.0 Å². The minimum atomic E-state index is -4.91. The number of hydrogen-bond donors (Lipinski definition) is 1. The quantitative estimate of drug-likeness (QED) is 0.420. The van der Waals surface area contributed by atoms with Gasteiger partial charge < -0.3 is 9.64 Å². The van der Waals surface area contributed by atoms with Crippen LogP contribution in [0.1, 0.15) is 35.1 Å². The number of carbonyl (C=O) groups is 1. The Labute approximate surface area is 191 Å². The van der Waals surface area contributed by atoms with Crippen LogP contribution in [0.15, 0.2) is 22.4 Å². The lowest BCUT2D eigenvalue weighted by molar-refractivity contribution is -0.106. The first kappa shape index (κ1) is 24.8. The van der Waals surface area contributed by atoms with Gasteiger partial charge >= 0.3 is 12.1 Å². The number of ether oxygens (including phenoxy) is 1. The van der Waals surface area contributed by atoms with Crippen molar-refractivity contribution in [1.82, 2.24) is 10.2 Å². The van der Waals surface area contributed by atoms with E-state index in [1.54, 1.807) is 13.1 Å². The van der Waals surface area contributed by atoms with E-state index in [2.05, 4.69) is 20.4 Å². The van der Waals surface area contributed by atoms with Gasteiger partial charge in [0.25, 0.3) is 5.13 Å². The molecule has 180 valence electrons. The van der Waals surface area contributed by atoms with Crippen LogP contribution in [0, 0.1) is 0 Å². The molecule has 0 saturated heterocycles. The molecule has 0 spiro atoms. The van der Waals surface area contributed by atoms with Gasteiger partial charge in [-0.2, -0.15) is 13.2 Å². The Morgan fingerprint density at radius 1 is 1.30 bits per heavy atom. The Morgan fingerprint density at radius 2 is 2.06 bits per heavy atom. The smallest absolute Gasteiger partial charge is 0.404 e. The van der Waals surface area contributed by atoms with E-state index in [4.69, 9.17) is 4.74 Å². The topological polar surface area (TPSA) is 126 Å². The van der Waals surface area contributed by atoms with Crippen LogP contribution in [0.2, 0.25) is 0 Å². The molecule has 0 aliphatic carbocycles. The number of halogens is 3. The van der Waals surface area contributed by atoms with Crippen molar-refractivity contribution in [2.75, 3.05) is 35.6 Å². The summed E-state index contributed by atoms with van der Waals surface area (Å²) in [7, 11) is -2.94. The highest BCUT2D eigenvalue weighted by Crippen LogP contribution is 2.38. The van der Waals surface area contributed by atoms with Gasteiger partial charge in [-0.1, -0.05) is 18.3 Å². The number of hydrogen-bond acceptors (Lipinski definition) is 10. The number of carbonyl (C=O) groups excluding carboxylic acids is 1. The van der Waals surface area contributed by atoms with Crippen molar-refractivity contribution in [1.29, 1.82) is 0 Å². The van der Waals surface area contributed by atoms with E-state index in [9.17, 15) is 26.4 Å². The van der Waals surface area contributed by atoms with Gasteiger partial charge in [-0.15, -0.1) is 20.4 Å². The summed E-state index contributed by atoms with van der Waals surface area (Å²) >= 11 is 0.814. The minimum absolute atomic E-state index is 0.00242. The predicted molar refractivity (Wildman–Crippen MR) is 116 cm³/mol. The number of benzene rings is 1. The summed E-state index contributed by atoms with van der Waals surface area (Å²) in [5, 5.41) is 15.2. The molecule has 0 amide bonds. The van der Waals surface area contributed by atoms with Gasteiger partial charge in [0.1, 0.15) is 5.69 Å². The molecule has 0 atom stereocenters. The lowest BCUT2D eigenvalue weighted by atomic mass is 10.0. The average molecular weight is 507 g/mol. The molecular formula is C18H21F3N6O4S2. The van der Waals surface area contributed by atoms with E-state index in [0.29, 0.717) is 25.1 Å². The van der Waals surface area contributed by atoms with Crippen molar-refractivity contribution in [2.24, 2.45) is 10.2 Å². The maximum Gasteiger partial charge on any atom is 0.404 e. The largest absolute Gasteiger partial charge is 0.460 e. The molecule has 1 aromatic heterocycles. The molecule has 0 saturated carbocycles. The Balaban J connectivity index is 1.92. The van der Waals surface area contributed by atoms with E-state index in [1.807, 2.05) is 16.5 Å². The highest BCUT2D eigenvalue weighted by Gasteiger charge is 2.35. The fourth-order valence-corrected chi connectivity index (χ4v) is 4.64. The van der Waals surface area contributed by atoms with E-state index in [-0.39, 0.29) is 28.1 Å². The van der Waals surface area contributed by atoms with E-state index < -0.39 is 27.9 Å². The summed E-state index contributed by atoms with van der Waals surface area (Å²) in [6.07, 6.45) is -2.74. The van der Waals surface area contributed by atoms with Crippen molar-refractivity contribution in [2.45, 2.75) is 32.4 Å². The average Bonchev–Trinajstić information content (AvgIpc) is 3.18. The maximum absolute atomic E-state index is 12.7. The lowest BCUT2D eigenvalue weighted by Gasteiger charge is -2.28. The molecule has 3 rings (SSSR count). The predicted octanol–water partition coefficient (Wildman–Crippen LogP) is 4.21. The van der Waals surface area contributed by atoms with Crippen molar-refractivity contribution in [3.8, 4) is 0 Å². The van der Waals surface area contributed by atoms with Gasteiger partial charge in [-0.3, -0.25) is 4.72 Å². The first-order valence-corrected chi connectivity index (χ1v) is 12.3. The maximum atomic E-state index is 12.7. The van der Waals surface area contributed by atoms with Gasteiger partial charge in [-0.25, -0.2) is 13.2 Å². The van der Waals surface area contributed by atoms with Gasteiger partial charge in [-0.05, 0) is 37.0 Å². The number of azo groups is 1. The van der Waals surface area contributed by atoms with Crippen LogP contribution >= 0.6 is 11.3 Å². The Bertz CT molecular complexity index is 1150. The molecule has 2 aromatic rings. The molecule has 1 aromatic carbocycles. The number of rotatable bonds is 8. The first-order chi connectivity index (χ1) is 15.5. The molecule has 10 nitrogen and oxygen atoms in total.